The summed E-state index contributed by atoms with van der Waals surface area (Å²) in [6.45, 7) is 5.87. The van der Waals surface area contributed by atoms with Crippen LogP contribution >= 0.6 is 11.6 Å². The second-order valence-corrected chi connectivity index (χ2v) is 4.51. The zero-order valence-corrected chi connectivity index (χ0v) is 10.3. The topological polar surface area (TPSA) is 61.3 Å². The van der Waals surface area contributed by atoms with Gasteiger partial charge in [-0.1, -0.05) is 32.4 Å². The number of aromatic nitrogens is 2. The fourth-order valence-corrected chi connectivity index (χ4v) is 1.08. The van der Waals surface area contributed by atoms with Crippen molar-refractivity contribution in [3.8, 4) is 5.75 Å². The summed E-state index contributed by atoms with van der Waals surface area (Å²) in [6.07, 6.45) is 0.501. The van der Waals surface area contributed by atoms with Crippen LogP contribution in [0.15, 0.2) is 6.20 Å². The zero-order valence-electron chi connectivity index (χ0n) is 9.57. The van der Waals surface area contributed by atoms with Gasteiger partial charge in [-0.15, -0.1) is 0 Å². The number of hydrogen-bond donors (Lipinski definition) is 0. The normalized spacial score (nSPS) is 11.1. The SMILES string of the molecule is COC(=O)Oc1cnc(C(C)(C)C)nc1Cl. The number of nitrogens with zero attached hydrogens (tertiary/aromatic N) is 2. The molecule has 0 fully saturated rings. The lowest BCUT2D eigenvalue weighted by Gasteiger charge is -2.16. The molecule has 0 atom stereocenters. The van der Waals surface area contributed by atoms with Gasteiger partial charge >= 0.3 is 6.16 Å². The molecule has 6 heteroatoms. The third-order valence-electron chi connectivity index (χ3n) is 1.74. The molecule has 1 aromatic heterocycles. The minimum absolute atomic E-state index is 0.0847. The van der Waals surface area contributed by atoms with Gasteiger partial charge in [-0.2, -0.15) is 0 Å². The summed E-state index contributed by atoms with van der Waals surface area (Å²) in [5.41, 5.74) is -0.215. The first-order valence-electron chi connectivity index (χ1n) is 4.63. The van der Waals surface area contributed by atoms with Gasteiger partial charge in [0.05, 0.1) is 13.3 Å². The lowest BCUT2D eigenvalue weighted by Crippen LogP contribution is -2.17. The van der Waals surface area contributed by atoms with E-state index in [1.54, 1.807) is 0 Å². The zero-order chi connectivity index (χ0) is 12.3. The van der Waals surface area contributed by atoms with Crippen molar-refractivity contribution in [3.05, 3.63) is 17.2 Å². The molecule has 0 spiro atoms. The standard InChI is InChI=1S/C10H13ClN2O3/c1-10(2,3)8-12-5-6(7(11)13-8)16-9(14)15-4/h5H,1-4H3. The molecule has 0 aliphatic rings. The Morgan fingerprint density at radius 2 is 2.06 bits per heavy atom. The molecule has 5 nitrogen and oxygen atoms in total. The van der Waals surface area contributed by atoms with Crippen LogP contribution in [0.1, 0.15) is 26.6 Å². The van der Waals surface area contributed by atoms with Crippen LogP contribution in [0.5, 0.6) is 5.75 Å². The summed E-state index contributed by atoms with van der Waals surface area (Å²) in [6, 6.07) is 0. The Morgan fingerprint density at radius 1 is 1.44 bits per heavy atom. The predicted molar refractivity (Wildman–Crippen MR) is 58.8 cm³/mol. The van der Waals surface area contributed by atoms with E-state index in [1.165, 1.54) is 13.3 Å². The summed E-state index contributed by atoms with van der Waals surface area (Å²) in [5.74, 6) is 0.663. The fraction of sp³-hybridized carbons (Fsp3) is 0.500. The van der Waals surface area contributed by atoms with E-state index in [0.29, 0.717) is 5.82 Å². The second-order valence-electron chi connectivity index (χ2n) is 4.15. The van der Waals surface area contributed by atoms with E-state index in [-0.39, 0.29) is 16.3 Å². The highest BCUT2D eigenvalue weighted by Gasteiger charge is 2.20. The van der Waals surface area contributed by atoms with Gasteiger partial charge in [0, 0.05) is 5.41 Å². The third-order valence-corrected chi connectivity index (χ3v) is 2.01. The van der Waals surface area contributed by atoms with Crippen LogP contribution in [-0.4, -0.2) is 23.2 Å². The van der Waals surface area contributed by atoms with Gasteiger partial charge in [0.25, 0.3) is 0 Å². The highest BCUT2D eigenvalue weighted by atomic mass is 35.5. The monoisotopic (exact) mass is 244 g/mol. The van der Waals surface area contributed by atoms with E-state index in [4.69, 9.17) is 16.3 Å². The van der Waals surface area contributed by atoms with Gasteiger partial charge in [-0.3, -0.25) is 0 Å². The Bertz CT molecular complexity index is 402. The van der Waals surface area contributed by atoms with Crippen molar-refractivity contribution >= 4 is 17.8 Å². The molecule has 88 valence electrons. The van der Waals surface area contributed by atoms with Gasteiger partial charge in [0.2, 0.25) is 0 Å². The van der Waals surface area contributed by atoms with Gasteiger partial charge < -0.3 is 9.47 Å². The number of halogens is 1. The molecule has 0 unspecified atom stereocenters. The first-order valence-corrected chi connectivity index (χ1v) is 5.01. The molecule has 0 aliphatic carbocycles. The number of rotatable bonds is 1. The molecule has 0 saturated carbocycles. The van der Waals surface area contributed by atoms with Crippen molar-refractivity contribution in [1.82, 2.24) is 9.97 Å². The Kier molecular flexibility index (Phi) is 3.70. The van der Waals surface area contributed by atoms with Crippen molar-refractivity contribution < 1.29 is 14.3 Å². The average Bonchev–Trinajstić information content (AvgIpc) is 2.19. The predicted octanol–water partition coefficient (Wildman–Crippen LogP) is 2.57. The molecule has 0 bridgehead atoms. The van der Waals surface area contributed by atoms with Gasteiger partial charge in [-0.25, -0.2) is 14.8 Å². The number of carbonyl (C=O) groups excluding carboxylic acids is 1. The number of carbonyl (C=O) groups is 1. The molecule has 0 aliphatic heterocycles. The molecular weight excluding hydrogens is 232 g/mol. The smallest absolute Gasteiger partial charge is 0.437 e. The molecule has 0 saturated heterocycles. The van der Waals surface area contributed by atoms with Crippen LogP contribution in [0.25, 0.3) is 0 Å². The van der Waals surface area contributed by atoms with Gasteiger partial charge in [0.1, 0.15) is 5.82 Å². The molecule has 0 amide bonds. The number of ether oxygens (including phenoxy) is 2. The van der Waals surface area contributed by atoms with Crippen LogP contribution in [0, 0.1) is 0 Å². The summed E-state index contributed by atoms with van der Waals surface area (Å²) >= 11 is 5.85. The minimum Gasteiger partial charge on any atom is -0.437 e. The van der Waals surface area contributed by atoms with Gasteiger partial charge in [0.15, 0.2) is 10.9 Å². The molecule has 0 aromatic carbocycles. The molecule has 16 heavy (non-hydrogen) atoms. The van der Waals surface area contributed by atoms with E-state index in [0.717, 1.165) is 0 Å². The molecule has 0 radical (unpaired) electrons. The summed E-state index contributed by atoms with van der Waals surface area (Å²) in [7, 11) is 1.21. The highest BCUT2D eigenvalue weighted by molar-refractivity contribution is 6.30. The van der Waals surface area contributed by atoms with E-state index >= 15 is 0 Å². The Hall–Kier alpha value is -1.36. The van der Waals surface area contributed by atoms with Crippen LogP contribution in [0.4, 0.5) is 4.79 Å². The lowest BCUT2D eigenvalue weighted by atomic mass is 9.96. The van der Waals surface area contributed by atoms with Crippen molar-refractivity contribution in [1.29, 1.82) is 0 Å². The molecule has 1 heterocycles. The summed E-state index contributed by atoms with van der Waals surface area (Å²) in [5, 5.41) is 0.0883. The average molecular weight is 245 g/mol. The third kappa shape index (κ3) is 3.06. The van der Waals surface area contributed by atoms with E-state index < -0.39 is 6.16 Å². The maximum Gasteiger partial charge on any atom is 0.513 e. The van der Waals surface area contributed by atoms with Crippen molar-refractivity contribution in [2.45, 2.75) is 26.2 Å². The van der Waals surface area contributed by atoms with Crippen LogP contribution in [0.3, 0.4) is 0 Å². The first kappa shape index (κ1) is 12.7. The van der Waals surface area contributed by atoms with Crippen molar-refractivity contribution in [2.24, 2.45) is 0 Å². The Morgan fingerprint density at radius 3 is 2.50 bits per heavy atom. The number of methoxy groups -OCH3 is 1. The van der Waals surface area contributed by atoms with Crippen molar-refractivity contribution in [2.75, 3.05) is 7.11 Å². The van der Waals surface area contributed by atoms with E-state index in [9.17, 15) is 4.79 Å². The fourth-order valence-electron chi connectivity index (χ4n) is 0.911. The minimum atomic E-state index is -0.853. The van der Waals surface area contributed by atoms with Gasteiger partial charge in [-0.05, 0) is 0 Å². The van der Waals surface area contributed by atoms with Crippen LogP contribution < -0.4 is 4.74 Å². The molecular formula is C10H13ClN2O3. The Balaban J connectivity index is 2.96. The highest BCUT2D eigenvalue weighted by Crippen LogP contribution is 2.25. The Labute approximate surface area is 98.8 Å². The maximum atomic E-state index is 10.9. The molecule has 1 rings (SSSR count). The quantitative estimate of drug-likeness (QED) is 0.561. The first-order chi connectivity index (χ1) is 7.34. The van der Waals surface area contributed by atoms with Crippen LogP contribution in [-0.2, 0) is 10.2 Å². The summed E-state index contributed by atoms with van der Waals surface area (Å²) < 4.78 is 9.08. The lowest BCUT2D eigenvalue weighted by molar-refractivity contribution is 0.121. The van der Waals surface area contributed by atoms with E-state index in [2.05, 4.69) is 14.7 Å². The summed E-state index contributed by atoms with van der Waals surface area (Å²) in [4.78, 5) is 19.0. The van der Waals surface area contributed by atoms with Crippen molar-refractivity contribution in [3.63, 3.8) is 0 Å². The molecule has 0 N–H and O–H groups in total. The largest absolute Gasteiger partial charge is 0.513 e. The molecule has 1 aromatic rings. The number of hydrogen-bond acceptors (Lipinski definition) is 5. The van der Waals surface area contributed by atoms with E-state index in [1.807, 2.05) is 20.8 Å². The maximum absolute atomic E-state index is 10.9. The van der Waals surface area contributed by atoms with Crippen LogP contribution in [0.2, 0.25) is 5.15 Å². The second kappa shape index (κ2) is 4.65.